The Morgan fingerprint density at radius 1 is 1.00 bits per heavy atom. The number of nitrogens with one attached hydrogen (secondary N) is 2. The Bertz CT molecular complexity index is 268. The maximum absolute atomic E-state index is 12.6. The topological polar surface area (TPSA) is 24.1 Å². The van der Waals surface area contributed by atoms with Gasteiger partial charge in [0.05, 0.1) is 0 Å². The molecule has 0 fully saturated rings. The first-order valence-corrected chi connectivity index (χ1v) is 5.49. The predicted octanol–water partition coefficient (Wildman–Crippen LogP) is 2.76. The van der Waals surface area contributed by atoms with Gasteiger partial charge in [-0.15, -0.1) is 24.8 Å². The molecule has 2 nitrogen and oxygen atoms in total. The van der Waals surface area contributed by atoms with E-state index in [-0.39, 0.29) is 30.6 Å². The van der Waals surface area contributed by atoms with Crippen molar-refractivity contribution in [3.8, 4) is 0 Å². The number of rotatable bonds is 7. The Kier molecular flexibility index (Phi) is 13.5. The molecule has 0 radical (unpaired) electrons. The highest BCUT2D eigenvalue weighted by Crippen LogP contribution is 2.01. The zero-order chi connectivity index (χ0) is 10.9. The van der Waals surface area contributed by atoms with Crippen LogP contribution in [0.5, 0.6) is 0 Å². The van der Waals surface area contributed by atoms with Crippen molar-refractivity contribution < 1.29 is 4.39 Å². The molecule has 0 saturated carbocycles. The third-order valence-corrected chi connectivity index (χ3v) is 2.20. The molecule has 0 amide bonds. The van der Waals surface area contributed by atoms with Crippen molar-refractivity contribution in [2.24, 2.45) is 0 Å². The Morgan fingerprint density at radius 2 is 1.59 bits per heavy atom. The van der Waals surface area contributed by atoms with Crippen LogP contribution in [0.2, 0.25) is 0 Å². The molecule has 2 N–H and O–H groups in total. The fourth-order valence-corrected chi connectivity index (χ4v) is 1.35. The minimum atomic E-state index is -0.175. The third kappa shape index (κ3) is 9.36. The summed E-state index contributed by atoms with van der Waals surface area (Å²) in [5.74, 6) is -0.175. The second kappa shape index (κ2) is 12.1. The first-order chi connectivity index (χ1) is 7.33. The molecule has 0 aliphatic heterocycles. The highest BCUT2D eigenvalue weighted by atomic mass is 35.5. The summed E-state index contributed by atoms with van der Waals surface area (Å²) in [5, 5.41) is 6.58. The largest absolute Gasteiger partial charge is 0.317 e. The third-order valence-electron chi connectivity index (χ3n) is 2.20. The van der Waals surface area contributed by atoms with Crippen molar-refractivity contribution in [1.82, 2.24) is 10.6 Å². The van der Waals surface area contributed by atoms with Gasteiger partial charge < -0.3 is 10.6 Å². The van der Waals surface area contributed by atoms with Crippen molar-refractivity contribution >= 4 is 24.8 Å². The summed E-state index contributed by atoms with van der Waals surface area (Å²) in [5.41, 5.74) is 1.12. The molecular formula is C12H21Cl2FN2. The van der Waals surface area contributed by atoms with Gasteiger partial charge >= 0.3 is 0 Å². The van der Waals surface area contributed by atoms with Gasteiger partial charge in [-0.3, -0.25) is 0 Å². The summed E-state index contributed by atoms with van der Waals surface area (Å²) < 4.78 is 12.6. The molecule has 100 valence electrons. The van der Waals surface area contributed by atoms with Crippen molar-refractivity contribution in [2.75, 3.05) is 19.6 Å². The maximum atomic E-state index is 12.6. The predicted molar refractivity (Wildman–Crippen MR) is 75.8 cm³/mol. The van der Waals surface area contributed by atoms with Gasteiger partial charge in [0.15, 0.2) is 0 Å². The molecule has 1 rings (SSSR count). The van der Waals surface area contributed by atoms with E-state index in [9.17, 15) is 4.39 Å². The summed E-state index contributed by atoms with van der Waals surface area (Å²) in [7, 11) is 0. The molecule has 0 aromatic heterocycles. The first-order valence-electron chi connectivity index (χ1n) is 5.49. The second-order valence-corrected chi connectivity index (χ2v) is 3.51. The Labute approximate surface area is 115 Å². The van der Waals surface area contributed by atoms with Gasteiger partial charge in [-0.05, 0) is 43.8 Å². The molecule has 0 atom stereocenters. The van der Waals surface area contributed by atoms with Crippen molar-refractivity contribution in [2.45, 2.75) is 19.9 Å². The molecular weight excluding hydrogens is 262 g/mol. The molecule has 0 unspecified atom stereocenters. The molecule has 0 bridgehead atoms. The van der Waals surface area contributed by atoms with Crippen LogP contribution >= 0.6 is 24.8 Å². The van der Waals surface area contributed by atoms with E-state index < -0.39 is 0 Å². The lowest BCUT2D eigenvalue weighted by atomic mass is 10.2. The standard InChI is InChI=1S/C12H19FN2.2ClH/c1-2-14-8-3-9-15-10-11-4-6-12(13)7-5-11;;/h4-7,14-15H,2-3,8-10H2,1H3;2*1H. The highest BCUT2D eigenvalue weighted by Gasteiger charge is 1.93. The van der Waals surface area contributed by atoms with Gasteiger partial charge in [0.25, 0.3) is 0 Å². The Balaban J connectivity index is 0. The smallest absolute Gasteiger partial charge is 0.123 e. The molecule has 5 heteroatoms. The van der Waals surface area contributed by atoms with Gasteiger partial charge in [0, 0.05) is 6.54 Å². The minimum Gasteiger partial charge on any atom is -0.317 e. The van der Waals surface area contributed by atoms with E-state index >= 15 is 0 Å². The molecule has 0 aliphatic rings. The lowest BCUT2D eigenvalue weighted by Crippen LogP contribution is -2.21. The number of benzene rings is 1. The molecule has 1 aromatic rings. The zero-order valence-corrected chi connectivity index (χ0v) is 11.7. The van der Waals surface area contributed by atoms with E-state index in [0.29, 0.717) is 0 Å². The molecule has 0 heterocycles. The SMILES string of the molecule is CCNCCCNCc1ccc(F)cc1.Cl.Cl. The normalized spacial score (nSPS) is 9.29. The van der Waals surface area contributed by atoms with E-state index in [4.69, 9.17) is 0 Å². The van der Waals surface area contributed by atoms with E-state index in [1.54, 1.807) is 0 Å². The van der Waals surface area contributed by atoms with Crippen molar-refractivity contribution in [3.63, 3.8) is 0 Å². The van der Waals surface area contributed by atoms with Gasteiger partial charge in [0.2, 0.25) is 0 Å². The summed E-state index contributed by atoms with van der Waals surface area (Å²) in [6.45, 7) is 5.98. The molecule has 17 heavy (non-hydrogen) atoms. The molecule has 0 saturated heterocycles. The van der Waals surface area contributed by atoms with Crippen LogP contribution in [0.1, 0.15) is 18.9 Å². The van der Waals surface area contributed by atoms with Crippen LogP contribution in [0.25, 0.3) is 0 Å². The van der Waals surface area contributed by atoms with Crippen LogP contribution in [0.4, 0.5) is 4.39 Å². The van der Waals surface area contributed by atoms with Crippen LogP contribution < -0.4 is 10.6 Å². The Hall–Kier alpha value is -0.350. The minimum absolute atomic E-state index is 0. The summed E-state index contributed by atoms with van der Waals surface area (Å²) in [6, 6.07) is 6.62. The van der Waals surface area contributed by atoms with Gasteiger partial charge in [-0.2, -0.15) is 0 Å². The van der Waals surface area contributed by atoms with Crippen LogP contribution in [0, 0.1) is 5.82 Å². The first kappa shape index (κ1) is 19.0. The van der Waals surface area contributed by atoms with Crippen LogP contribution in [0.3, 0.4) is 0 Å². The van der Waals surface area contributed by atoms with E-state index in [0.717, 1.165) is 38.2 Å². The second-order valence-electron chi connectivity index (χ2n) is 3.51. The zero-order valence-electron chi connectivity index (χ0n) is 10.0. The maximum Gasteiger partial charge on any atom is 0.123 e. The Morgan fingerprint density at radius 3 is 2.18 bits per heavy atom. The van der Waals surface area contributed by atoms with Crippen LogP contribution in [-0.4, -0.2) is 19.6 Å². The number of hydrogen-bond donors (Lipinski definition) is 2. The van der Waals surface area contributed by atoms with Gasteiger partial charge in [-0.25, -0.2) is 4.39 Å². The fraction of sp³-hybridized carbons (Fsp3) is 0.500. The van der Waals surface area contributed by atoms with Crippen molar-refractivity contribution in [3.05, 3.63) is 35.6 Å². The summed E-state index contributed by atoms with van der Waals surface area (Å²) in [6.07, 6.45) is 1.12. The van der Waals surface area contributed by atoms with Gasteiger partial charge in [-0.1, -0.05) is 19.1 Å². The monoisotopic (exact) mass is 282 g/mol. The fourth-order valence-electron chi connectivity index (χ4n) is 1.35. The lowest BCUT2D eigenvalue weighted by molar-refractivity contribution is 0.603. The van der Waals surface area contributed by atoms with Gasteiger partial charge in [0.1, 0.15) is 5.82 Å². The van der Waals surface area contributed by atoms with E-state index in [2.05, 4.69) is 17.6 Å². The molecule has 0 aliphatic carbocycles. The van der Waals surface area contributed by atoms with Crippen LogP contribution in [0.15, 0.2) is 24.3 Å². The average Bonchev–Trinajstić information content (AvgIpc) is 2.26. The lowest BCUT2D eigenvalue weighted by Gasteiger charge is -2.05. The summed E-state index contributed by atoms with van der Waals surface area (Å²) >= 11 is 0. The van der Waals surface area contributed by atoms with Crippen molar-refractivity contribution in [1.29, 1.82) is 0 Å². The summed E-state index contributed by atoms with van der Waals surface area (Å²) in [4.78, 5) is 0. The molecule has 1 aromatic carbocycles. The highest BCUT2D eigenvalue weighted by molar-refractivity contribution is 5.85. The average molecular weight is 283 g/mol. The molecule has 0 spiro atoms. The number of halogens is 3. The van der Waals surface area contributed by atoms with E-state index in [1.807, 2.05) is 12.1 Å². The number of hydrogen-bond acceptors (Lipinski definition) is 2. The van der Waals surface area contributed by atoms with Crippen LogP contribution in [-0.2, 0) is 6.54 Å². The van der Waals surface area contributed by atoms with E-state index in [1.165, 1.54) is 12.1 Å². The quantitative estimate of drug-likeness (QED) is 0.752.